The van der Waals surface area contributed by atoms with Gasteiger partial charge in [0, 0.05) is 17.5 Å². The molecule has 0 saturated heterocycles. The second-order valence-corrected chi connectivity index (χ2v) is 5.28. The van der Waals surface area contributed by atoms with Crippen LogP contribution >= 0.6 is 11.3 Å². The van der Waals surface area contributed by atoms with E-state index in [2.05, 4.69) is 5.32 Å². The first-order chi connectivity index (χ1) is 9.66. The molecule has 1 aliphatic rings. The lowest BCUT2D eigenvalue weighted by molar-refractivity contribution is -0.138. The van der Waals surface area contributed by atoms with Gasteiger partial charge >= 0.3 is 12.0 Å². The predicted octanol–water partition coefficient (Wildman–Crippen LogP) is 2.80. The summed E-state index contributed by atoms with van der Waals surface area (Å²) in [6.45, 7) is 0. The number of carbonyl (C=O) groups is 2. The molecule has 5 nitrogen and oxygen atoms in total. The van der Waals surface area contributed by atoms with Crippen LogP contribution in [0.15, 0.2) is 41.1 Å². The van der Waals surface area contributed by atoms with Crippen molar-refractivity contribution in [2.75, 3.05) is 10.2 Å². The summed E-state index contributed by atoms with van der Waals surface area (Å²) >= 11 is 1.47. The van der Waals surface area contributed by atoms with Gasteiger partial charge in [0.05, 0.1) is 5.69 Å². The number of rotatable bonds is 2. The summed E-state index contributed by atoms with van der Waals surface area (Å²) in [5.41, 5.74) is 2.21. The lowest BCUT2D eigenvalue weighted by Gasteiger charge is -2.22. The minimum atomic E-state index is -0.998. The van der Waals surface area contributed by atoms with Crippen molar-refractivity contribution in [2.24, 2.45) is 0 Å². The van der Waals surface area contributed by atoms with E-state index in [1.54, 1.807) is 23.6 Å². The number of hydrogen-bond acceptors (Lipinski definition) is 3. The van der Waals surface area contributed by atoms with Gasteiger partial charge in [-0.2, -0.15) is 11.3 Å². The average molecular weight is 288 g/mol. The van der Waals surface area contributed by atoms with Crippen LogP contribution in [0.3, 0.4) is 0 Å². The fourth-order valence-corrected chi connectivity index (χ4v) is 2.94. The molecule has 1 aliphatic heterocycles. The smallest absolute Gasteiger partial charge is 0.327 e. The highest BCUT2D eigenvalue weighted by Crippen LogP contribution is 2.32. The van der Waals surface area contributed by atoms with Gasteiger partial charge in [-0.15, -0.1) is 0 Å². The molecule has 2 heterocycles. The Balaban J connectivity index is 1.92. The van der Waals surface area contributed by atoms with Gasteiger partial charge in [0.2, 0.25) is 0 Å². The first-order valence-corrected chi connectivity index (χ1v) is 7.04. The fraction of sp³-hybridized carbons (Fsp3) is 0.143. The third kappa shape index (κ3) is 2.14. The molecule has 3 rings (SSSR count). The van der Waals surface area contributed by atoms with Crippen molar-refractivity contribution in [1.29, 1.82) is 0 Å². The maximum atomic E-state index is 12.3. The first-order valence-electron chi connectivity index (χ1n) is 6.10. The maximum absolute atomic E-state index is 12.3. The highest BCUT2D eigenvalue weighted by atomic mass is 32.1. The standard InChI is InChI=1S/C14H12N2O3S/c17-13(18)12-7-9-3-1-2-4-11(9)16(12)14(19)15-10-5-6-20-8-10/h1-6,8,12H,7H2,(H,15,19)(H,17,18)/t12-/m0/s1. The number of benzene rings is 1. The van der Waals surface area contributed by atoms with Crippen LogP contribution in [0, 0.1) is 0 Å². The molecule has 0 unspecified atom stereocenters. The SMILES string of the molecule is O=C(O)[C@@H]1Cc2ccccc2N1C(=O)Nc1ccsc1. The molecule has 1 atom stereocenters. The molecule has 0 saturated carbocycles. The first kappa shape index (κ1) is 12.7. The van der Waals surface area contributed by atoms with Gasteiger partial charge in [-0.25, -0.2) is 9.59 Å². The van der Waals surface area contributed by atoms with Crippen LogP contribution in [-0.2, 0) is 11.2 Å². The number of hydrogen-bond donors (Lipinski definition) is 2. The number of carboxylic acid groups (broad SMARTS) is 1. The van der Waals surface area contributed by atoms with Gasteiger partial charge in [-0.3, -0.25) is 4.90 Å². The molecule has 2 amide bonds. The van der Waals surface area contributed by atoms with Crippen molar-refractivity contribution in [2.45, 2.75) is 12.5 Å². The second kappa shape index (κ2) is 4.97. The molecule has 1 aromatic carbocycles. The van der Waals surface area contributed by atoms with E-state index in [4.69, 9.17) is 0 Å². The van der Waals surface area contributed by atoms with E-state index < -0.39 is 18.0 Å². The Labute approximate surface area is 119 Å². The average Bonchev–Trinajstić information content (AvgIpc) is 3.04. The van der Waals surface area contributed by atoms with Crippen LogP contribution < -0.4 is 10.2 Å². The predicted molar refractivity (Wildman–Crippen MR) is 77.4 cm³/mol. The molecule has 0 spiro atoms. The van der Waals surface area contributed by atoms with Crippen LogP contribution in [0.5, 0.6) is 0 Å². The summed E-state index contributed by atoms with van der Waals surface area (Å²) in [6.07, 6.45) is 0.336. The third-order valence-electron chi connectivity index (χ3n) is 3.25. The van der Waals surface area contributed by atoms with Crippen LogP contribution in [0.1, 0.15) is 5.56 Å². The number of fused-ring (bicyclic) bond motifs is 1. The van der Waals surface area contributed by atoms with Crippen LogP contribution in [0.25, 0.3) is 0 Å². The van der Waals surface area contributed by atoms with Crippen LogP contribution in [-0.4, -0.2) is 23.1 Å². The normalized spacial score (nSPS) is 16.8. The molecule has 0 aliphatic carbocycles. The Bertz CT molecular complexity index is 654. The van der Waals surface area contributed by atoms with E-state index in [9.17, 15) is 14.7 Å². The van der Waals surface area contributed by atoms with Crippen molar-refractivity contribution < 1.29 is 14.7 Å². The van der Waals surface area contributed by atoms with E-state index in [1.165, 1.54) is 16.2 Å². The molecule has 1 aromatic heterocycles. The number of carbonyl (C=O) groups excluding carboxylic acids is 1. The van der Waals surface area contributed by atoms with Crippen molar-refractivity contribution in [3.63, 3.8) is 0 Å². The van der Waals surface area contributed by atoms with E-state index in [-0.39, 0.29) is 0 Å². The lowest BCUT2D eigenvalue weighted by atomic mass is 10.1. The Morgan fingerprint density at radius 1 is 1.30 bits per heavy atom. The number of nitrogens with zero attached hydrogens (tertiary/aromatic N) is 1. The Hall–Kier alpha value is -2.34. The van der Waals surface area contributed by atoms with Crippen molar-refractivity contribution in [3.05, 3.63) is 46.7 Å². The number of nitrogens with one attached hydrogen (secondary N) is 1. The van der Waals surface area contributed by atoms with Gasteiger partial charge in [-0.05, 0) is 23.1 Å². The lowest BCUT2D eigenvalue weighted by Crippen LogP contribution is -2.45. The number of aliphatic carboxylic acids is 1. The van der Waals surface area contributed by atoms with E-state index in [0.29, 0.717) is 17.8 Å². The van der Waals surface area contributed by atoms with Gasteiger partial charge < -0.3 is 10.4 Å². The summed E-state index contributed by atoms with van der Waals surface area (Å²) in [6, 6.07) is 7.77. The number of amides is 2. The van der Waals surface area contributed by atoms with Crippen LogP contribution in [0.2, 0.25) is 0 Å². The molecular formula is C14H12N2O3S. The van der Waals surface area contributed by atoms with E-state index in [0.717, 1.165) is 5.56 Å². The monoisotopic (exact) mass is 288 g/mol. The van der Waals surface area contributed by atoms with Crippen molar-refractivity contribution in [1.82, 2.24) is 0 Å². The minimum absolute atomic E-state index is 0.336. The molecule has 2 N–H and O–H groups in total. The fourth-order valence-electron chi connectivity index (χ4n) is 2.35. The van der Waals surface area contributed by atoms with E-state index in [1.807, 2.05) is 17.5 Å². The minimum Gasteiger partial charge on any atom is -0.480 e. The number of thiophene rings is 1. The summed E-state index contributed by atoms with van der Waals surface area (Å²) in [5.74, 6) is -0.998. The van der Waals surface area contributed by atoms with Crippen molar-refractivity contribution in [3.8, 4) is 0 Å². The van der Waals surface area contributed by atoms with Crippen LogP contribution in [0.4, 0.5) is 16.2 Å². The number of para-hydroxylation sites is 1. The number of anilines is 2. The molecular weight excluding hydrogens is 276 g/mol. The second-order valence-electron chi connectivity index (χ2n) is 4.50. The maximum Gasteiger partial charge on any atom is 0.327 e. The van der Waals surface area contributed by atoms with Gasteiger partial charge in [-0.1, -0.05) is 18.2 Å². The number of carboxylic acids is 1. The summed E-state index contributed by atoms with van der Waals surface area (Å²) in [5, 5.41) is 15.7. The third-order valence-corrected chi connectivity index (χ3v) is 3.94. The topological polar surface area (TPSA) is 69.6 Å². The highest BCUT2D eigenvalue weighted by Gasteiger charge is 2.38. The zero-order chi connectivity index (χ0) is 14.1. The molecule has 0 bridgehead atoms. The summed E-state index contributed by atoms with van der Waals surface area (Å²) in [4.78, 5) is 25.0. The van der Waals surface area contributed by atoms with E-state index >= 15 is 0 Å². The molecule has 102 valence electrons. The van der Waals surface area contributed by atoms with Gasteiger partial charge in [0.15, 0.2) is 0 Å². The highest BCUT2D eigenvalue weighted by molar-refractivity contribution is 7.08. The Kier molecular flexibility index (Phi) is 3.15. The Morgan fingerprint density at radius 2 is 2.10 bits per heavy atom. The molecule has 20 heavy (non-hydrogen) atoms. The quantitative estimate of drug-likeness (QED) is 0.892. The zero-order valence-corrected chi connectivity index (χ0v) is 11.3. The van der Waals surface area contributed by atoms with Gasteiger partial charge in [0.1, 0.15) is 6.04 Å². The van der Waals surface area contributed by atoms with Crippen molar-refractivity contribution >= 4 is 34.7 Å². The Morgan fingerprint density at radius 3 is 2.80 bits per heavy atom. The molecule has 0 fully saturated rings. The summed E-state index contributed by atoms with van der Waals surface area (Å²) in [7, 11) is 0. The largest absolute Gasteiger partial charge is 0.480 e. The molecule has 6 heteroatoms. The zero-order valence-electron chi connectivity index (χ0n) is 10.4. The number of urea groups is 1. The molecule has 0 radical (unpaired) electrons. The molecule has 2 aromatic rings. The van der Waals surface area contributed by atoms with Gasteiger partial charge in [0.25, 0.3) is 0 Å². The summed E-state index contributed by atoms with van der Waals surface area (Å²) < 4.78 is 0.